The van der Waals surface area contributed by atoms with Gasteiger partial charge in [-0.1, -0.05) is 18.2 Å². The maximum atomic E-state index is 6.17. The number of hydrogen-bond acceptors (Lipinski definition) is 5. The molecule has 0 fully saturated rings. The minimum Gasteiger partial charge on any atom is -0.493 e. The van der Waals surface area contributed by atoms with Gasteiger partial charge in [0.2, 0.25) is 0 Å². The molecule has 25 heavy (non-hydrogen) atoms. The maximum Gasteiger partial charge on any atom is 0.192 e. The van der Waals surface area contributed by atoms with E-state index in [1.54, 1.807) is 14.2 Å². The van der Waals surface area contributed by atoms with Crippen LogP contribution in [0.2, 0.25) is 0 Å². The predicted octanol–water partition coefficient (Wildman–Crippen LogP) is 3.98. The molecule has 2 heterocycles. The van der Waals surface area contributed by atoms with Crippen molar-refractivity contribution in [3.63, 3.8) is 0 Å². The maximum absolute atomic E-state index is 6.17. The van der Waals surface area contributed by atoms with Gasteiger partial charge >= 0.3 is 0 Å². The van der Waals surface area contributed by atoms with E-state index in [-0.39, 0.29) is 6.04 Å². The van der Waals surface area contributed by atoms with Crippen LogP contribution in [0.25, 0.3) is 0 Å². The fraction of sp³-hybridized carbons (Fsp3) is 0.350. The molecule has 2 aromatic carbocycles. The number of methoxy groups -OCH3 is 2. The average Bonchev–Trinajstić information content (AvgIpc) is 3.07. The van der Waals surface area contributed by atoms with Crippen LogP contribution in [-0.4, -0.2) is 30.7 Å². The largest absolute Gasteiger partial charge is 0.493 e. The van der Waals surface area contributed by atoms with Crippen molar-refractivity contribution in [2.24, 2.45) is 5.10 Å². The smallest absolute Gasteiger partial charge is 0.192 e. The van der Waals surface area contributed by atoms with Crippen molar-refractivity contribution in [2.45, 2.75) is 32.0 Å². The summed E-state index contributed by atoms with van der Waals surface area (Å²) < 4.78 is 16.9. The Morgan fingerprint density at radius 3 is 2.60 bits per heavy atom. The molecule has 1 atom stereocenters. The van der Waals surface area contributed by atoms with E-state index < -0.39 is 5.72 Å². The monoisotopic (exact) mass is 338 g/mol. The highest BCUT2D eigenvalue weighted by Gasteiger charge is 2.44. The highest BCUT2D eigenvalue weighted by molar-refractivity contribution is 6.02. The van der Waals surface area contributed by atoms with E-state index in [0.717, 1.165) is 29.2 Å². The summed E-state index contributed by atoms with van der Waals surface area (Å²) in [4.78, 5) is 0. The zero-order valence-corrected chi connectivity index (χ0v) is 14.9. The Hall–Kier alpha value is -2.69. The summed E-state index contributed by atoms with van der Waals surface area (Å²) >= 11 is 0. The summed E-state index contributed by atoms with van der Waals surface area (Å²) in [5, 5.41) is 6.96. The standard InChI is InChI=1S/C20H22N2O3/c1-20(2)22-16(14-7-5-6-8-17(14)25-20)12-15(21-22)13-9-10-18(23-3)19(11-13)24-4/h5-11,16H,12H2,1-4H3/t16-/m1/s1. The zero-order chi connectivity index (χ0) is 17.6. The van der Waals surface area contributed by atoms with Gasteiger partial charge in [0.05, 0.1) is 26.0 Å². The van der Waals surface area contributed by atoms with Crippen LogP contribution in [0, 0.1) is 0 Å². The SMILES string of the molecule is COc1ccc(C2=NN3[C@H](C2)c2ccccc2OC3(C)C)cc1OC. The molecule has 5 heteroatoms. The van der Waals surface area contributed by atoms with Gasteiger partial charge in [-0.05, 0) is 38.1 Å². The van der Waals surface area contributed by atoms with Gasteiger partial charge in [0.1, 0.15) is 5.75 Å². The zero-order valence-electron chi connectivity index (χ0n) is 14.9. The Labute approximate surface area is 147 Å². The summed E-state index contributed by atoms with van der Waals surface area (Å²) in [6.07, 6.45) is 0.833. The van der Waals surface area contributed by atoms with Crippen molar-refractivity contribution in [3.05, 3.63) is 53.6 Å². The Kier molecular flexibility index (Phi) is 3.60. The number of benzene rings is 2. The number of rotatable bonds is 3. The summed E-state index contributed by atoms with van der Waals surface area (Å²) in [5.41, 5.74) is 2.76. The van der Waals surface area contributed by atoms with Crippen LogP contribution >= 0.6 is 0 Å². The van der Waals surface area contributed by atoms with Crippen LogP contribution in [0.4, 0.5) is 0 Å². The highest BCUT2D eigenvalue weighted by atomic mass is 16.5. The van der Waals surface area contributed by atoms with Crippen molar-refractivity contribution >= 4 is 5.71 Å². The van der Waals surface area contributed by atoms with Gasteiger partial charge in [0.25, 0.3) is 0 Å². The number of para-hydroxylation sites is 1. The Balaban J connectivity index is 1.74. The summed E-state index contributed by atoms with van der Waals surface area (Å²) in [5.74, 6) is 2.37. The molecule has 2 aliphatic rings. The fourth-order valence-corrected chi connectivity index (χ4v) is 3.60. The molecule has 0 radical (unpaired) electrons. The summed E-state index contributed by atoms with van der Waals surface area (Å²) in [7, 11) is 3.29. The number of nitrogens with zero attached hydrogens (tertiary/aromatic N) is 2. The lowest BCUT2D eigenvalue weighted by Gasteiger charge is -2.43. The summed E-state index contributed by atoms with van der Waals surface area (Å²) in [6, 6.07) is 14.3. The third-order valence-corrected chi connectivity index (χ3v) is 4.82. The lowest BCUT2D eigenvalue weighted by atomic mass is 9.95. The molecule has 2 aromatic rings. The lowest BCUT2D eigenvalue weighted by molar-refractivity contribution is -0.0911. The Morgan fingerprint density at radius 1 is 1.08 bits per heavy atom. The number of hydrogen-bond donors (Lipinski definition) is 0. The molecule has 0 amide bonds. The quantitative estimate of drug-likeness (QED) is 0.849. The highest BCUT2D eigenvalue weighted by Crippen LogP contribution is 2.46. The van der Waals surface area contributed by atoms with Gasteiger partial charge in [-0.2, -0.15) is 5.10 Å². The molecule has 0 bridgehead atoms. The van der Waals surface area contributed by atoms with E-state index in [1.807, 2.05) is 36.4 Å². The number of ether oxygens (including phenoxy) is 3. The van der Waals surface area contributed by atoms with Crippen LogP contribution in [-0.2, 0) is 0 Å². The summed E-state index contributed by atoms with van der Waals surface area (Å²) in [6.45, 7) is 4.11. The molecule has 130 valence electrons. The molecule has 0 N–H and O–H groups in total. The van der Waals surface area contributed by atoms with E-state index in [2.05, 4.69) is 24.9 Å². The van der Waals surface area contributed by atoms with E-state index in [4.69, 9.17) is 19.3 Å². The van der Waals surface area contributed by atoms with Crippen molar-refractivity contribution in [1.29, 1.82) is 0 Å². The molecule has 0 aliphatic carbocycles. The van der Waals surface area contributed by atoms with Crippen LogP contribution in [0.3, 0.4) is 0 Å². The topological polar surface area (TPSA) is 43.3 Å². The van der Waals surface area contributed by atoms with Crippen LogP contribution in [0.15, 0.2) is 47.6 Å². The Morgan fingerprint density at radius 2 is 1.84 bits per heavy atom. The fourth-order valence-electron chi connectivity index (χ4n) is 3.60. The molecule has 4 rings (SSSR count). The second-order valence-electron chi connectivity index (χ2n) is 6.77. The number of hydrazone groups is 1. The van der Waals surface area contributed by atoms with Crippen molar-refractivity contribution in [3.8, 4) is 17.2 Å². The molecule has 0 spiro atoms. The van der Waals surface area contributed by atoms with Crippen molar-refractivity contribution < 1.29 is 14.2 Å². The van der Waals surface area contributed by atoms with Gasteiger partial charge in [0.15, 0.2) is 17.2 Å². The van der Waals surface area contributed by atoms with Gasteiger partial charge < -0.3 is 14.2 Å². The minimum absolute atomic E-state index is 0.183. The van der Waals surface area contributed by atoms with Crippen molar-refractivity contribution in [1.82, 2.24) is 5.01 Å². The van der Waals surface area contributed by atoms with E-state index >= 15 is 0 Å². The van der Waals surface area contributed by atoms with Gasteiger partial charge in [-0.15, -0.1) is 0 Å². The van der Waals surface area contributed by atoms with Crippen LogP contribution in [0.5, 0.6) is 17.2 Å². The minimum atomic E-state index is -0.489. The average molecular weight is 338 g/mol. The third kappa shape index (κ3) is 2.51. The first-order chi connectivity index (χ1) is 12.0. The van der Waals surface area contributed by atoms with E-state index in [9.17, 15) is 0 Å². The second kappa shape index (κ2) is 5.69. The normalized spacial score (nSPS) is 20.2. The first-order valence-electron chi connectivity index (χ1n) is 8.40. The molecular formula is C20H22N2O3. The van der Waals surface area contributed by atoms with E-state index in [0.29, 0.717) is 5.75 Å². The van der Waals surface area contributed by atoms with Gasteiger partial charge in [0, 0.05) is 17.5 Å². The molecule has 0 saturated heterocycles. The Bertz CT molecular complexity index is 845. The van der Waals surface area contributed by atoms with Gasteiger partial charge in [-0.25, -0.2) is 5.01 Å². The molecule has 5 nitrogen and oxygen atoms in total. The molecule has 0 saturated carbocycles. The van der Waals surface area contributed by atoms with Gasteiger partial charge in [-0.3, -0.25) is 0 Å². The van der Waals surface area contributed by atoms with Crippen molar-refractivity contribution in [2.75, 3.05) is 14.2 Å². The third-order valence-electron chi connectivity index (χ3n) is 4.82. The first-order valence-corrected chi connectivity index (χ1v) is 8.40. The second-order valence-corrected chi connectivity index (χ2v) is 6.77. The first kappa shape index (κ1) is 15.8. The molecule has 2 aliphatic heterocycles. The van der Waals surface area contributed by atoms with Crippen LogP contribution < -0.4 is 14.2 Å². The lowest BCUT2D eigenvalue weighted by Crippen LogP contribution is -2.48. The molecule has 0 aromatic heterocycles. The number of fused-ring (bicyclic) bond motifs is 3. The van der Waals surface area contributed by atoms with E-state index in [1.165, 1.54) is 5.56 Å². The molecular weight excluding hydrogens is 316 g/mol. The predicted molar refractivity (Wildman–Crippen MR) is 96.4 cm³/mol. The van der Waals surface area contributed by atoms with Crippen LogP contribution in [0.1, 0.15) is 37.4 Å². The molecule has 0 unspecified atom stereocenters.